The van der Waals surface area contributed by atoms with Gasteiger partial charge >= 0.3 is 5.97 Å². The second-order valence-electron chi connectivity index (χ2n) is 5.49. The number of aromatic nitrogens is 3. The summed E-state index contributed by atoms with van der Waals surface area (Å²) in [4.78, 5) is 16.0. The van der Waals surface area contributed by atoms with Crippen molar-refractivity contribution in [1.82, 2.24) is 15.2 Å². The molecule has 2 N–H and O–H groups in total. The summed E-state index contributed by atoms with van der Waals surface area (Å²) < 4.78 is 5.91. The molecule has 2 rings (SSSR count). The zero-order valence-corrected chi connectivity index (χ0v) is 12.8. The fourth-order valence-electron chi connectivity index (χ4n) is 2.67. The number of rotatable bonds is 8. The van der Waals surface area contributed by atoms with Crippen molar-refractivity contribution >= 4 is 18.2 Å². The molecule has 6 heteroatoms. The van der Waals surface area contributed by atoms with Crippen LogP contribution in [0.5, 0.6) is 0 Å². The van der Waals surface area contributed by atoms with Gasteiger partial charge in [0.1, 0.15) is 11.9 Å². The van der Waals surface area contributed by atoms with Crippen LogP contribution in [-0.2, 0) is 16.0 Å². The van der Waals surface area contributed by atoms with Gasteiger partial charge < -0.3 is 4.74 Å². The molecule has 0 amide bonds. The number of nitrogens with zero attached hydrogens (tertiary/aromatic N) is 1. The average Bonchev–Trinajstić information content (AvgIpc) is 2.99. The smallest absolute Gasteiger partial charge is 0.309 e. The van der Waals surface area contributed by atoms with E-state index in [0.29, 0.717) is 4.77 Å². The van der Waals surface area contributed by atoms with Crippen LogP contribution in [0.4, 0.5) is 0 Å². The first-order valence-corrected chi connectivity index (χ1v) is 7.94. The summed E-state index contributed by atoms with van der Waals surface area (Å²) in [5, 5.41) is 5.68. The Morgan fingerprint density at radius 1 is 1.30 bits per heavy atom. The molecular weight excluding hydrogens is 274 g/mol. The molecule has 1 aromatic rings. The number of H-pyrrole nitrogens is 2. The molecule has 0 aromatic carbocycles. The summed E-state index contributed by atoms with van der Waals surface area (Å²) in [6.07, 6.45) is 8.39. The first kappa shape index (κ1) is 15.2. The molecule has 1 aliphatic heterocycles. The molecular formula is C14H23N3O2S. The molecule has 0 aliphatic carbocycles. The second-order valence-corrected chi connectivity index (χ2v) is 5.88. The maximum atomic E-state index is 11.8. The monoisotopic (exact) mass is 297 g/mol. The van der Waals surface area contributed by atoms with E-state index in [9.17, 15) is 4.79 Å². The van der Waals surface area contributed by atoms with Crippen LogP contribution in [-0.4, -0.2) is 27.3 Å². The molecule has 2 atom stereocenters. The van der Waals surface area contributed by atoms with E-state index >= 15 is 0 Å². The molecule has 1 aliphatic rings. The number of cyclic esters (lactones) is 1. The lowest BCUT2D eigenvalue weighted by molar-refractivity contribution is -0.144. The zero-order chi connectivity index (χ0) is 14.4. The van der Waals surface area contributed by atoms with E-state index < -0.39 is 0 Å². The Labute approximate surface area is 124 Å². The standard InChI is InChI=1S/C14H23N3O2S/c1-2-3-4-5-6-11-9-10(13(18)19-11)7-8-12-15-14(20)17-16-12/h10-11H,2-9H2,1H3,(H2,15,16,17,20)/t10-,11+/m1/s1. The number of esters is 1. The van der Waals surface area contributed by atoms with Crippen molar-refractivity contribution in [2.24, 2.45) is 5.92 Å². The van der Waals surface area contributed by atoms with Crippen LogP contribution >= 0.6 is 12.2 Å². The number of unbranched alkanes of at least 4 members (excludes halogenated alkanes) is 3. The van der Waals surface area contributed by atoms with Crippen LogP contribution in [0.25, 0.3) is 0 Å². The van der Waals surface area contributed by atoms with Gasteiger partial charge in [0.15, 0.2) is 0 Å². The van der Waals surface area contributed by atoms with Crippen LogP contribution in [0.1, 0.15) is 57.7 Å². The average molecular weight is 297 g/mol. The number of ether oxygens (including phenoxy) is 1. The molecule has 1 fully saturated rings. The minimum Gasteiger partial charge on any atom is -0.462 e. The van der Waals surface area contributed by atoms with Crippen molar-refractivity contribution in [1.29, 1.82) is 0 Å². The van der Waals surface area contributed by atoms with Gasteiger partial charge in [0, 0.05) is 6.42 Å². The van der Waals surface area contributed by atoms with E-state index in [1.807, 2.05) is 0 Å². The van der Waals surface area contributed by atoms with Gasteiger partial charge in [0.05, 0.1) is 5.92 Å². The number of hydrogen-bond acceptors (Lipinski definition) is 4. The van der Waals surface area contributed by atoms with Crippen molar-refractivity contribution in [3.8, 4) is 0 Å². The van der Waals surface area contributed by atoms with Gasteiger partial charge in [0.2, 0.25) is 4.77 Å². The van der Waals surface area contributed by atoms with Crippen LogP contribution in [0.15, 0.2) is 0 Å². The van der Waals surface area contributed by atoms with E-state index in [4.69, 9.17) is 17.0 Å². The van der Waals surface area contributed by atoms with Crippen molar-refractivity contribution in [3.05, 3.63) is 10.6 Å². The summed E-state index contributed by atoms with van der Waals surface area (Å²) >= 11 is 4.90. The first-order chi connectivity index (χ1) is 9.69. The third kappa shape index (κ3) is 4.44. The van der Waals surface area contributed by atoms with E-state index in [1.165, 1.54) is 19.3 Å². The summed E-state index contributed by atoms with van der Waals surface area (Å²) in [6.45, 7) is 2.20. The molecule has 2 heterocycles. The molecule has 0 radical (unpaired) electrons. The quantitative estimate of drug-likeness (QED) is 0.439. The minimum absolute atomic E-state index is 0.0184. The number of aromatic amines is 2. The summed E-state index contributed by atoms with van der Waals surface area (Å²) in [5.74, 6) is 0.790. The largest absolute Gasteiger partial charge is 0.462 e. The van der Waals surface area contributed by atoms with Crippen molar-refractivity contribution in [3.63, 3.8) is 0 Å². The first-order valence-electron chi connectivity index (χ1n) is 7.53. The van der Waals surface area contributed by atoms with E-state index in [1.54, 1.807) is 0 Å². The minimum atomic E-state index is -0.0420. The predicted octanol–water partition coefficient (Wildman–Crippen LogP) is 3.30. The van der Waals surface area contributed by atoms with Gasteiger partial charge in [-0.3, -0.25) is 15.0 Å². The predicted molar refractivity (Wildman–Crippen MR) is 78.8 cm³/mol. The molecule has 0 unspecified atom stereocenters. The topological polar surface area (TPSA) is 70.8 Å². The Morgan fingerprint density at radius 3 is 2.85 bits per heavy atom. The Balaban J connectivity index is 1.70. The lowest BCUT2D eigenvalue weighted by Gasteiger charge is -2.07. The molecule has 5 nitrogen and oxygen atoms in total. The van der Waals surface area contributed by atoms with E-state index in [2.05, 4.69) is 22.1 Å². The Kier molecular flexibility index (Phi) is 5.76. The van der Waals surface area contributed by atoms with Crippen LogP contribution in [0, 0.1) is 10.7 Å². The van der Waals surface area contributed by atoms with Crippen LogP contribution in [0.3, 0.4) is 0 Å². The van der Waals surface area contributed by atoms with Gasteiger partial charge in [0.25, 0.3) is 0 Å². The molecule has 112 valence electrons. The number of nitrogens with one attached hydrogen (secondary N) is 2. The fraction of sp³-hybridized carbons (Fsp3) is 0.786. The van der Waals surface area contributed by atoms with E-state index in [-0.39, 0.29) is 18.0 Å². The fourth-order valence-corrected chi connectivity index (χ4v) is 2.83. The maximum absolute atomic E-state index is 11.8. The molecule has 1 aromatic heterocycles. The van der Waals surface area contributed by atoms with Crippen LogP contribution in [0.2, 0.25) is 0 Å². The van der Waals surface area contributed by atoms with Crippen LogP contribution < -0.4 is 0 Å². The SMILES string of the molecule is CCCCCC[C@H]1C[C@@H](CCc2nc(=S)[nH][nH]2)C(=O)O1. The van der Waals surface area contributed by atoms with Gasteiger partial charge in [-0.2, -0.15) is 0 Å². The highest BCUT2D eigenvalue weighted by atomic mass is 32.1. The number of hydrogen-bond donors (Lipinski definition) is 2. The molecule has 0 bridgehead atoms. The summed E-state index contributed by atoms with van der Waals surface area (Å²) in [6, 6.07) is 0. The Bertz CT molecular complexity index is 483. The Hall–Kier alpha value is -1.17. The molecule has 1 saturated heterocycles. The van der Waals surface area contributed by atoms with Gasteiger partial charge in [-0.1, -0.05) is 26.2 Å². The maximum Gasteiger partial charge on any atom is 0.309 e. The van der Waals surface area contributed by atoms with Crippen molar-refractivity contribution in [2.45, 2.75) is 64.4 Å². The zero-order valence-electron chi connectivity index (χ0n) is 12.0. The lowest BCUT2D eigenvalue weighted by Crippen LogP contribution is -2.09. The summed E-state index contributed by atoms with van der Waals surface area (Å²) in [7, 11) is 0. The number of carbonyl (C=O) groups excluding carboxylic acids is 1. The number of aryl methyl sites for hydroxylation is 1. The van der Waals surface area contributed by atoms with Gasteiger partial charge in [-0.25, -0.2) is 4.98 Å². The third-order valence-corrected chi connectivity index (χ3v) is 4.02. The highest BCUT2D eigenvalue weighted by Crippen LogP contribution is 2.28. The van der Waals surface area contributed by atoms with Gasteiger partial charge in [-0.15, -0.1) is 0 Å². The molecule has 20 heavy (non-hydrogen) atoms. The van der Waals surface area contributed by atoms with Crippen molar-refractivity contribution in [2.75, 3.05) is 0 Å². The highest BCUT2D eigenvalue weighted by molar-refractivity contribution is 7.71. The van der Waals surface area contributed by atoms with Gasteiger partial charge in [-0.05, 0) is 37.9 Å². The normalized spacial score (nSPS) is 22.1. The Morgan fingerprint density at radius 2 is 2.15 bits per heavy atom. The van der Waals surface area contributed by atoms with E-state index in [0.717, 1.165) is 37.9 Å². The lowest BCUT2D eigenvalue weighted by atomic mass is 9.97. The summed E-state index contributed by atoms with van der Waals surface area (Å²) in [5.41, 5.74) is 0. The van der Waals surface area contributed by atoms with Crippen molar-refractivity contribution < 1.29 is 9.53 Å². The number of carbonyl (C=O) groups is 1. The second kappa shape index (κ2) is 7.57. The molecule has 0 spiro atoms. The molecule has 0 saturated carbocycles. The highest BCUT2D eigenvalue weighted by Gasteiger charge is 2.33. The third-order valence-electron chi connectivity index (χ3n) is 3.82.